The Balaban J connectivity index is 2.09. The predicted octanol–water partition coefficient (Wildman–Crippen LogP) is 1.86. The lowest BCUT2D eigenvalue weighted by Gasteiger charge is -2.29. The standard InChI is InChI=1S/C14H18N4OS/c1-15-13(19)12-10(9-3-7-18(2)8-4-9)11-14(20-12)17-6-5-16-11/h5-6,9H,3-4,7-8H2,1-2H3,(H,15,19). The Hall–Kier alpha value is -1.53. The second-order valence-electron chi connectivity index (χ2n) is 5.21. The normalized spacial score (nSPS) is 17.5. The fourth-order valence-corrected chi connectivity index (χ4v) is 3.94. The Labute approximate surface area is 122 Å². The Morgan fingerprint density at radius 3 is 2.75 bits per heavy atom. The lowest BCUT2D eigenvalue weighted by molar-refractivity contribution is 0.0965. The molecular weight excluding hydrogens is 272 g/mol. The molecule has 0 saturated carbocycles. The molecule has 1 amide bonds. The molecular formula is C14H18N4OS. The third-order valence-corrected chi connectivity index (χ3v) is 5.02. The molecule has 0 unspecified atom stereocenters. The van der Waals surface area contributed by atoms with E-state index in [4.69, 9.17) is 0 Å². The minimum atomic E-state index is -0.0243. The summed E-state index contributed by atoms with van der Waals surface area (Å²) in [5.41, 5.74) is 2.01. The first-order valence-corrected chi connectivity index (χ1v) is 7.66. The number of carbonyl (C=O) groups is 1. The van der Waals surface area contributed by atoms with Gasteiger partial charge < -0.3 is 10.2 Å². The molecule has 1 aliphatic rings. The topological polar surface area (TPSA) is 58.1 Å². The third-order valence-electron chi connectivity index (χ3n) is 3.92. The summed E-state index contributed by atoms with van der Waals surface area (Å²) in [5, 5.41) is 2.74. The van der Waals surface area contributed by atoms with E-state index in [1.807, 2.05) is 0 Å². The summed E-state index contributed by atoms with van der Waals surface area (Å²) >= 11 is 1.45. The molecule has 106 valence electrons. The van der Waals surface area contributed by atoms with Crippen molar-refractivity contribution < 1.29 is 4.79 Å². The first-order valence-electron chi connectivity index (χ1n) is 6.84. The summed E-state index contributed by atoms with van der Waals surface area (Å²) in [4.78, 5) is 24.9. The largest absolute Gasteiger partial charge is 0.354 e. The number of hydrogen-bond acceptors (Lipinski definition) is 5. The molecule has 0 aliphatic carbocycles. The zero-order valence-electron chi connectivity index (χ0n) is 11.7. The van der Waals surface area contributed by atoms with Crippen LogP contribution in [-0.2, 0) is 0 Å². The van der Waals surface area contributed by atoms with Crippen molar-refractivity contribution >= 4 is 27.6 Å². The molecule has 1 fully saturated rings. The molecule has 2 aromatic rings. The molecule has 0 bridgehead atoms. The first kappa shape index (κ1) is 13.5. The molecule has 20 heavy (non-hydrogen) atoms. The van der Waals surface area contributed by atoms with Gasteiger partial charge in [0.05, 0.1) is 4.88 Å². The average Bonchev–Trinajstić information content (AvgIpc) is 2.87. The fraction of sp³-hybridized carbons (Fsp3) is 0.500. The van der Waals surface area contributed by atoms with E-state index in [2.05, 4.69) is 27.2 Å². The highest BCUT2D eigenvalue weighted by molar-refractivity contribution is 7.20. The third kappa shape index (κ3) is 2.29. The highest BCUT2D eigenvalue weighted by atomic mass is 32.1. The minimum absolute atomic E-state index is 0.0243. The van der Waals surface area contributed by atoms with Crippen LogP contribution in [0.1, 0.15) is 34.0 Å². The lowest BCUT2D eigenvalue weighted by Crippen LogP contribution is -2.30. The summed E-state index contributed by atoms with van der Waals surface area (Å²) in [5.74, 6) is 0.382. The molecule has 0 atom stereocenters. The number of nitrogens with zero attached hydrogens (tertiary/aromatic N) is 3. The molecule has 3 rings (SSSR count). The van der Waals surface area contributed by atoms with Crippen molar-refractivity contribution in [3.05, 3.63) is 22.8 Å². The van der Waals surface area contributed by atoms with Gasteiger partial charge in [-0.25, -0.2) is 4.98 Å². The Morgan fingerprint density at radius 1 is 1.35 bits per heavy atom. The van der Waals surface area contributed by atoms with Crippen LogP contribution >= 0.6 is 11.3 Å². The van der Waals surface area contributed by atoms with Gasteiger partial charge in [-0.1, -0.05) is 0 Å². The molecule has 3 heterocycles. The maximum absolute atomic E-state index is 12.1. The molecule has 0 aromatic carbocycles. The molecule has 5 nitrogen and oxygen atoms in total. The number of aromatic nitrogens is 2. The highest BCUT2D eigenvalue weighted by Gasteiger charge is 2.28. The summed E-state index contributed by atoms with van der Waals surface area (Å²) in [7, 11) is 3.81. The number of nitrogens with one attached hydrogen (secondary N) is 1. The Bertz CT molecular complexity index is 631. The van der Waals surface area contributed by atoms with Crippen molar-refractivity contribution in [2.45, 2.75) is 18.8 Å². The Kier molecular flexibility index (Phi) is 3.67. The number of rotatable bonds is 2. The van der Waals surface area contributed by atoms with Crippen molar-refractivity contribution in [1.29, 1.82) is 0 Å². The van der Waals surface area contributed by atoms with Gasteiger partial charge in [-0.3, -0.25) is 9.78 Å². The first-order chi connectivity index (χ1) is 9.70. The van der Waals surface area contributed by atoms with E-state index >= 15 is 0 Å². The summed E-state index contributed by atoms with van der Waals surface area (Å²) in [6.45, 7) is 2.13. The van der Waals surface area contributed by atoms with Crippen LogP contribution in [0, 0.1) is 0 Å². The van der Waals surface area contributed by atoms with Crippen LogP contribution in [0.2, 0.25) is 0 Å². The number of likely N-dealkylation sites (tertiary alicyclic amines) is 1. The van der Waals surface area contributed by atoms with Crippen LogP contribution in [0.25, 0.3) is 10.3 Å². The summed E-state index contributed by atoms with van der Waals surface area (Å²) in [6, 6.07) is 0. The number of fused-ring (bicyclic) bond motifs is 1. The fourth-order valence-electron chi connectivity index (χ4n) is 2.80. The number of piperidine rings is 1. The molecule has 6 heteroatoms. The second kappa shape index (κ2) is 5.46. The molecule has 0 radical (unpaired) electrons. The van der Waals surface area contributed by atoms with Crippen LogP contribution in [0.3, 0.4) is 0 Å². The maximum Gasteiger partial charge on any atom is 0.261 e. The van der Waals surface area contributed by atoms with E-state index in [9.17, 15) is 4.79 Å². The van der Waals surface area contributed by atoms with Gasteiger partial charge in [0.1, 0.15) is 10.3 Å². The quantitative estimate of drug-likeness (QED) is 0.917. The summed E-state index contributed by atoms with van der Waals surface area (Å²) in [6.07, 6.45) is 5.54. The van der Waals surface area contributed by atoms with Gasteiger partial charge in [-0.2, -0.15) is 0 Å². The monoisotopic (exact) mass is 290 g/mol. The van der Waals surface area contributed by atoms with E-state index in [1.54, 1.807) is 19.4 Å². The van der Waals surface area contributed by atoms with Gasteiger partial charge >= 0.3 is 0 Å². The van der Waals surface area contributed by atoms with Gasteiger partial charge in [0.2, 0.25) is 0 Å². The van der Waals surface area contributed by atoms with Crippen molar-refractivity contribution in [3.63, 3.8) is 0 Å². The van der Waals surface area contributed by atoms with Gasteiger partial charge in [0.25, 0.3) is 5.91 Å². The zero-order chi connectivity index (χ0) is 14.1. The second-order valence-corrected chi connectivity index (χ2v) is 6.21. The molecule has 1 N–H and O–H groups in total. The van der Waals surface area contributed by atoms with Crippen LogP contribution in [0.5, 0.6) is 0 Å². The number of thiophene rings is 1. The molecule has 2 aromatic heterocycles. The van der Waals surface area contributed by atoms with Crippen molar-refractivity contribution in [3.8, 4) is 0 Å². The van der Waals surface area contributed by atoms with Crippen LogP contribution in [-0.4, -0.2) is 48.0 Å². The predicted molar refractivity (Wildman–Crippen MR) is 80.3 cm³/mol. The Morgan fingerprint density at radius 2 is 2.05 bits per heavy atom. The van der Waals surface area contributed by atoms with Crippen molar-refractivity contribution in [2.75, 3.05) is 27.2 Å². The number of amides is 1. The molecule has 1 aliphatic heterocycles. The van der Waals surface area contributed by atoms with E-state index in [-0.39, 0.29) is 5.91 Å². The van der Waals surface area contributed by atoms with Gasteiger partial charge in [0, 0.05) is 25.0 Å². The minimum Gasteiger partial charge on any atom is -0.354 e. The van der Waals surface area contributed by atoms with E-state index in [0.717, 1.165) is 46.7 Å². The average molecular weight is 290 g/mol. The van der Waals surface area contributed by atoms with Crippen LogP contribution < -0.4 is 5.32 Å². The lowest BCUT2D eigenvalue weighted by atomic mass is 9.89. The summed E-state index contributed by atoms with van der Waals surface area (Å²) < 4.78 is 0. The van der Waals surface area contributed by atoms with Crippen molar-refractivity contribution in [2.24, 2.45) is 0 Å². The van der Waals surface area contributed by atoms with Gasteiger partial charge in [0.15, 0.2) is 0 Å². The maximum atomic E-state index is 12.1. The zero-order valence-corrected chi connectivity index (χ0v) is 12.5. The molecule has 0 spiro atoms. The van der Waals surface area contributed by atoms with Crippen LogP contribution in [0.15, 0.2) is 12.4 Å². The van der Waals surface area contributed by atoms with Crippen LogP contribution in [0.4, 0.5) is 0 Å². The van der Waals surface area contributed by atoms with Gasteiger partial charge in [-0.05, 0) is 38.9 Å². The smallest absolute Gasteiger partial charge is 0.261 e. The van der Waals surface area contributed by atoms with E-state index in [1.165, 1.54) is 11.3 Å². The molecule has 1 saturated heterocycles. The SMILES string of the molecule is CNC(=O)c1sc2nccnc2c1C1CCN(C)CC1. The number of carbonyl (C=O) groups excluding carboxylic acids is 1. The van der Waals surface area contributed by atoms with E-state index in [0.29, 0.717) is 5.92 Å². The van der Waals surface area contributed by atoms with Crippen molar-refractivity contribution in [1.82, 2.24) is 20.2 Å². The highest BCUT2D eigenvalue weighted by Crippen LogP contribution is 2.38. The van der Waals surface area contributed by atoms with Gasteiger partial charge in [-0.15, -0.1) is 11.3 Å². The van der Waals surface area contributed by atoms with E-state index < -0.39 is 0 Å². The number of hydrogen-bond donors (Lipinski definition) is 1.